The van der Waals surface area contributed by atoms with Gasteiger partial charge in [0.1, 0.15) is 5.75 Å². The number of aromatic nitrogens is 2. The van der Waals surface area contributed by atoms with Crippen molar-refractivity contribution < 1.29 is 19.0 Å². The van der Waals surface area contributed by atoms with Gasteiger partial charge in [-0.2, -0.15) is 0 Å². The molecule has 3 heterocycles. The van der Waals surface area contributed by atoms with E-state index in [2.05, 4.69) is 47.1 Å². The summed E-state index contributed by atoms with van der Waals surface area (Å²) in [6.07, 6.45) is -0.594. The molecule has 1 atom stereocenters. The summed E-state index contributed by atoms with van der Waals surface area (Å²) in [5.41, 5.74) is 4.38. The average Bonchev–Trinajstić information content (AvgIpc) is 3.32. The third-order valence-electron chi connectivity index (χ3n) is 6.23. The number of piperazine rings is 1. The van der Waals surface area contributed by atoms with Gasteiger partial charge in [0, 0.05) is 37.8 Å². The van der Waals surface area contributed by atoms with Gasteiger partial charge in [-0.3, -0.25) is 4.79 Å². The number of benzene rings is 2. The zero-order valence-corrected chi connectivity index (χ0v) is 19.7. The Morgan fingerprint density at radius 1 is 0.941 bits per heavy atom. The second-order valence-electron chi connectivity index (χ2n) is 8.68. The monoisotopic (exact) mass is 460 g/mol. The fourth-order valence-corrected chi connectivity index (χ4v) is 4.36. The molecule has 1 amide bonds. The van der Waals surface area contributed by atoms with E-state index >= 15 is 0 Å². The Labute approximate surface area is 199 Å². The second kappa shape index (κ2) is 9.21. The first-order chi connectivity index (χ1) is 16.5. The summed E-state index contributed by atoms with van der Waals surface area (Å²) in [4.78, 5) is 16.9. The van der Waals surface area contributed by atoms with Gasteiger partial charge in [-0.05, 0) is 50.6 Å². The third-order valence-corrected chi connectivity index (χ3v) is 6.23. The maximum absolute atomic E-state index is 12.9. The molecule has 5 rings (SSSR count). The third kappa shape index (κ3) is 4.48. The summed E-state index contributed by atoms with van der Waals surface area (Å²) in [6, 6.07) is 15.7. The predicted molar refractivity (Wildman–Crippen MR) is 128 cm³/mol. The van der Waals surface area contributed by atoms with E-state index in [1.54, 1.807) is 25.1 Å². The summed E-state index contributed by atoms with van der Waals surface area (Å²) < 4.78 is 16.6. The van der Waals surface area contributed by atoms with E-state index in [-0.39, 0.29) is 12.7 Å². The van der Waals surface area contributed by atoms with Crippen LogP contribution in [-0.4, -0.2) is 60.1 Å². The molecule has 0 radical (unpaired) electrons. The van der Waals surface area contributed by atoms with Crippen LogP contribution in [0.3, 0.4) is 0 Å². The Morgan fingerprint density at radius 2 is 1.74 bits per heavy atom. The fourth-order valence-electron chi connectivity index (χ4n) is 4.36. The molecule has 1 aromatic heterocycles. The topological polar surface area (TPSA) is 77.0 Å². The number of rotatable bonds is 5. The molecule has 2 aromatic carbocycles. The molecule has 176 valence electrons. The smallest absolute Gasteiger partial charge is 0.263 e. The van der Waals surface area contributed by atoms with Gasteiger partial charge in [-0.25, -0.2) is 0 Å². The second-order valence-corrected chi connectivity index (χ2v) is 8.68. The molecule has 1 saturated heterocycles. The highest BCUT2D eigenvalue weighted by atomic mass is 16.7. The van der Waals surface area contributed by atoms with Crippen molar-refractivity contribution in [1.82, 2.24) is 15.1 Å². The highest BCUT2D eigenvalue weighted by Gasteiger charge is 2.27. The van der Waals surface area contributed by atoms with Crippen molar-refractivity contribution in [3.05, 3.63) is 59.7 Å². The number of amides is 1. The van der Waals surface area contributed by atoms with Crippen molar-refractivity contribution in [3.63, 3.8) is 0 Å². The van der Waals surface area contributed by atoms with E-state index in [1.807, 2.05) is 17.0 Å². The van der Waals surface area contributed by atoms with Gasteiger partial charge >= 0.3 is 0 Å². The Kier molecular flexibility index (Phi) is 5.96. The lowest BCUT2D eigenvalue weighted by Gasteiger charge is -2.36. The molecule has 8 heteroatoms. The highest BCUT2D eigenvalue weighted by molar-refractivity contribution is 5.81. The SMILES string of the molecule is Cc1ccc(-c2ccc(N3CCN(C(=O)C(C)Oc4ccc5c(c4)OCO5)CC3)nn2)c(C)c1. The van der Waals surface area contributed by atoms with Crippen molar-refractivity contribution in [1.29, 1.82) is 0 Å². The molecule has 2 aliphatic heterocycles. The normalized spacial score (nSPS) is 15.9. The molecule has 3 aromatic rings. The predicted octanol–water partition coefficient (Wildman–Crippen LogP) is 3.61. The van der Waals surface area contributed by atoms with Gasteiger partial charge in [-0.15, -0.1) is 10.2 Å². The van der Waals surface area contributed by atoms with E-state index in [4.69, 9.17) is 14.2 Å². The van der Waals surface area contributed by atoms with Crippen LogP contribution in [0.25, 0.3) is 11.3 Å². The van der Waals surface area contributed by atoms with Crippen LogP contribution in [0.5, 0.6) is 17.2 Å². The van der Waals surface area contributed by atoms with Crippen molar-refractivity contribution in [2.75, 3.05) is 37.9 Å². The average molecular weight is 461 g/mol. The molecule has 1 fully saturated rings. The van der Waals surface area contributed by atoms with Gasteiger partial charge in [0.25, 0.3) is 5.91 Å². The minimum atomic E-state index is -0.594. The van der Waals surface area contributed by atoms with E-state index in [9.17, 15) is 4.79 Å². The quantitative estimate of drug-likeness (QED) is 0.576. The first-order valence-electron chi connectivity index (χ1n) is 11.5. The molecular formula is C26H28N4O4. The molecule has 0 N–H and O–H groups in total. The maximum atomic E-state index is 12.9. The Morgan fingerprint density at radius 3 is 2.47 bits per heavy atom. The summed E-state index contributed by atoms with van der Waals surface area (Å²) in [7, 11) is 0. The van der Waals surface area contributed by atoms with Crippen LogP contribution in [0.2, 0.25) is 0 Å². The molecule has 2 aliphatic rings. The van der Waals surface area contributed by atoms with E-state index in [0.29, 0.717) is 43.4 Å². The summed E-state index contributed by atoms with van der Waals surface area (Å²) in [5.74, 6) is 2.70. The van der Waals surface area contributed by atoms with Gasteiger partial charge in [0.15, 0.2) is 23.4 Å². The van der Waals surface area contributed by atoms with Crippen LogP contribution in [0.1, 0.15) is 18.1 Å². The number of hydrogen-bond acceptors (Lipinski definition) is 7. The lowest BCUT2D eigenvalue weighted by Crippen LogP contribution is -2.52. The Bertz CT molecular complexity index is 1190. The number of fused-ring (bicyclic) bond motifs is 1. The standard InChI is InChI=1S/C26H28N4O4/c1-17-4-6-21(18(2)14-17)22-7-9-25(28-27-22)29-10-12-30(13-11-29)26(31)19(3)34-20-5-8-23-24(15-20)33-16-32-23/h4-9,14-15,19H,10-13,16H2,1-3H3. The van der Waals surface area contributed by atoms with Crippen LogP contribution in [0, 0.1) is 13.8 Å². The Hall–Kier alpha value is -3.81. The van der Waals surface area contributed by atoms with Crippen LogP contribution in [-0.2, 0) is 4.79 Å². The molecule has 8 nitrogen and oxygen atoms in total. The van der Waals surface area contributed by atoms with Gasteiger partial charge in [0.05, 0.1) is 5.69 Å². The van der Waals surface area contributed by atoms with Crippen molar-refractivity contribution in [2.45, 2.75) is 26.9 Å². The van der Waals surface area contributed by atoms with Gasteiger partial charge in [-0.1, -0.05) is 23.8 Å². The van der Waals surface area contributed by atoms with Gasteiger partial charge < -0.3 is 24.0 Å². The number of carbonyl (C=O) groups is 1. The number of ether oxygens (including phenoxy) is 3. The van der Waals surface area contributed by atoms with E-state index in [1.165, 1.54) is 11.1 Å². The molecule has 1 unspecified atom stereocenters. The number of anilines is 1. The van der Waals surface area contributed by atoms with E-state index < -0.39 is 6.10 Å². The summed E-state index contributed by atoms with van der Waals surface area (Å²) in [5, 5.41) is 8.91. The van der Waals surface area contributed by atoms with Crippen molar-refractivity contribution >= 4 is 11.7 Å². The Balaban J connectivity index is 1.17. The van der Waals surface area contributed by atoms with E-state index in [0.717, 1.165) is 17.1 Å². The first kappa shape index (κ1) is 22.0. The highest BCUT2D eigenvalue weighted by Crippen LogP contribution is 2.35. The van der Waals surface area contributed by atoms with Crippen LogP contribution in [0.15, 0.2) is 48.5 Å². The lowest BCUT2D eigenvalue weighted by atomic mass is 10.0. The molecular weight excluding hydrogens is 432 g/mol. The summed E-state index contributed by atoms with van der Waals surface area (Å²) in [6.45, 7) is 8.75. The van der Waals surface area contributed by atoms with Crippen molar-refractivity contribution in [2.24, 2.45) is 0 Å². The van der Waals surface area contributed by atoms with Crippen molar-refractivity contribution in [3.8, 4) is 28.5 Å². The number of hydrogen-bond donors (Lipinski definition) is 0. The molecule has 0 bridgehead atoms. The molecule has 0 saturated carbocycles. The fraction of sp³-hybridized carbons (Fsp3) is 0.346. The zero-order chi connectivity index (χ0) is 23.7. The number of aryl methyl sites for hydroxylation is 2. The van der Waals surface area contributed by atoms with Crippen LogP contribution >= 0.6 is 0 Å². The lowest BCUT2D eigenvalue weighted by molar-refractivity contribution is -0.138. The number of nitrogens with zero attached hydrogens (tertiary/aromatic N) is 4. The first-order valence-corrected chi connectivity index (χ1v) is 11.5. The van der Waals surface area contributed by atoms with Gasteiger partial charge in [0.2, 0.25) is 6.79 Å². The molecule has 34 heavy (non-hydrogen) atoms. The molecule has 0 spiro atoms. The van der Waals surface area contributed by atoms with Crippen LogP contribution in [0.4, 0.5) is 5.82 Å². The largest absolute Gasteiger partial charge is 0.481 e. The van der Waals surface area contributed by atoms with Crippen LogP contribution < -0.4 is 19.1 Å². The summed E-state index contributed by atoms with van der Waals surface area (Å²) >= 11 is 0. The molecule has 0 aliphatic carbocycles. The number of carbonyl (C=O) groups excluding carboxylic acids is 1. The minimum absolute atomic E-state index is 0.0337. The minimum Gasteiger partial charge on any atom is -0.481 e. The maximum Gasteiger partial charge on any atom is 0.263 e. The zero-order valence-electron chi connectivity index (χ0n) is 19.7.